The van der Waals surface area contributed by atoms with Crippen LogP contribution in [0.2, 0.25) is 0 Å². The smallest absolute Gasteiger partial charge is 0.162 e. The average Bonchev–Trinajstić information content (AvgIpc) is 2.35. The van der Waals surface area contributed by atoms with Crippen molar-refractivity contribution >= 4 is 37.5 Å². The van der Waals surface area contributed by atoms with Crippen LogP contribution in [0.4, 0.5) is 5.69 Å². The van der Waals surface area contributed by atoms with Crippen LogP contribution in [-0.4, -0.2) is 34.0 Å². The van der Waals surface area contributed by atoms with Crippen molar-refractivity contribution in [2.45, 2.75) is 44.1 Å². The summed E-state index contributed by atoms with van der Waals surface area (Å²) in [4.78, 5) is 2.24. The topological polar surface area (TPSA) is 69.7 Å². The van der Waals surface area contributed by atoms with Gasteiger partial charge in [0.05, 0.1) is 5.69 Å². The highest BCUT2D eigenvalue weighted by Crippen LogP contribution is 2.32. The molecule has 1 aromatic rings. The molecule has 0 spiro atoms. The van der Waals surface area contributed by atoms with Crippen LogP contribution in [-0.2, 0) is 6.54 Å². The third kappa shape index (κ3) is 3.95. The largest absolute Gasteiger partial charge is 0.398 e. The van der Waals surface area contributed by atoms with Gasteiger partial charge in [0.1, 0.15) is 0 Å². The Morgan fingerprint density at radius 1 is 1.30 bits per heavy atom. The SMILES string of the molecule is CN(Cc1cc(Br)cc(Br)c1N)C1CCC(O)(O)CC1. The molecule has 112 valence electrons. The molecule has 1 aliphatic carbocycles. The number of hydrogen-bond acceptors (Lipinski definition) is 4. The lowest BCUT2D eigenvalue weighted by molar-refractivity contribution is -0.187. The third-order valence-corrected chi connectivity index (χ3v) is 5.09. The van der Waals surface area contributed by atoms with Gasteiger partial charge in [0.15, 0.2) is 5.79 Å². The molecule has 1 fully saturated rings. The molecule has 0 radical (unpaired) electrons. The summed E-state index contributed by atoms with van der Waals surface area (Å²) in [6.45, 7) is 0.748. The van der Waals surface area contributed by atoms with E-state index in [1.165, 1.54) is 0 Å². The lowest BCUT2D eigenvalue weighted by Crippen LogP contribution is -2.41. The summed E-state index contributed by atoms with van der Waals surface area (Å²) in [5, 5.41) is 19.2. The number of aliphatic hydroxyl groups is 2. The molecule has 0 heterocycles. The van der Waals surface area contributed by atoms with E-state index in [-0.39, 0.29) is 0 Å². The Hall–Kier alpha value is -0.140. The number of halogens is 2. The van der Waals surface area contributed by atoms with Crippen molar-refractivity contribution in [3.8, 4) is 0 Å². The Bertz CT molecular complexity index is 484. The first-order valence-corrected chi connectivity index (χ1v) is 8.25. The predicted octanol–water partition coefficient (Wildman–Crippen LogP) is 2.85. The maximum Gasteiger partial charge on any atom is 0.162 e. The van der Waals surface area contributed by atoms with Crippen molar-refractivity contribution < 1.29 is 10.2 Å². The molecule has 20 heavy (non-hydrogen) atoms. The van der Waals surface area contributed by atoms with Crippen molar-refractivity contribution in [2.24, 2.45) is 0 Å². The highest BCUT2D eigenvalue weighted by Gasteiger charge is 2.32. The van der Waals surface area contributed by atoms with Crippen molar-refractivity contribution in [3.05, 3.63) is 26.6 Å². The molecule has 2 rings (SSSR count). The summed E-state index contributed by atoms with van der Waals surface area (Å²) >= 11 is 6.94. The molecule has 1 aromatic carbocycles. The van der Waals surface area contributed by atoms with Crippen LogP contribution in [0.25, 0.3) is 0 Å². The van der Waals surface area contributed by atoms with E-state index in [0.29, 0.717) is 18.9 Å². The summed E-state index contributed by atoms with van der Waals surface area (Å²) < 4.78 is 1.89. The van der Waals surface area contributed by atoms with Gasteiger partial charge in [0, 0.05) is 34.4 Å². The van der Waals surface area contributed by atoms with Gasteiger partial charge in [-0.15, -0.1) is 0 Å². The molecule has 0 saturated heterocycles. The summed E-state index contributed by atoms with van der Waals surface area (Å²) in [7, 11) is 2.06. The number of hydrogen-bond donors (Lipinski definition) is 3. The van der Waals surface area contributed by atoms with E-state index in [9.17, 15) is 10.2 Å². The zero-order chi connectivity index (χ0) is 14.9. The minimum atomic E-state index is -1.48. The van der Waals surface area contributed by atoms with Gasteiger partial charge in [-0.3, -0.25) is 4.90 Å². The molecule has 0 aliphatic heterocycles. The Labute approximate surface area is 136 Å². The minimum absolute atomic E-state index is 0.361. The first-order valence-electron chi connectivity index (χ1n) is 6.67. The quantitative estimate of drug-likeness (QED) is 0.532. The van der Waals surface area contributed by atoms with Gasteiger partial charge in [-0.1, -0.05) is 15.9 Å². The van der Waals surface area contributed by atoms with Crippen molar-refractivity contribution in [1.29, 1.82) is 0 Å². The fraction of sp³-hybridized carbons (Fsp3) is 0.571. The monoisotopic (exact) mass is 406 g/mol. The standard InChI is InChI=1S/C14H20Br2N2O2/c1-18(11-2-4-14(19,20)5-3-11)8-9-6-10(15)7-12(16)13(9)17/h6-7,11,19-20H,2-5,8,17H2,1H3. The number of nitrogens with two attached hydrogens (primary N) is 1. The second-order valence-electron chi connectivity index (χ2n) is 5.59. The Morgan fingerprint density at radius 3 is 2.50 bits per heavy atom. The van der Waals surface area contributed by atoms with Crippen LogP contribution >= 0.6 is 31.9 Å². The average molecular weight is 408 g/mol. The molecule has 1 saturated carbocycles. The van der Waals surface area contributed by atoms with E-state index in [0.717, 1.165) is 39.6 Å². The van der Waals surface area contributed by atoms with Gasteiger partial charge in [0.2, 0.25) is 0 Å². The second-order valence-corrected chi connectivity index (χ2v) is 7.36. The summed E-state index contributed by atoms with van der Waals surface area (Å²) in [6.07, 6.45) is 2.44. The van der Waals surface area contributed by atoms with Crippen LogP contribution in [0.15, 0.2) is 21.1 Å². The van der Waals surface area contributed by atoms with Crippen molar-refractivity contribution in [1.82, 2.24) is 4.90 Å². The first-order chi connectivity index (χ1) is 9.28. The van der Waals surface area contributed by atoms with Crippen molar-refractivity contribution in [2.75, 3.05) is 12.8 Å². The highest BCUT2D eigenvalue weighted by molar-refractivity contribution is 9.11. The number of benzene rings is 1. The molecule has 4 N–H and O–H groups in total. The molecule has 4 nitrogen and oxygen atoms in total. The van der Waals surface area contributed by atoms with E-state index < -0.39 is 5.79 Å². The molecule has 1 aliphatic rings. The van der Waals surface area contributed by atoms with Gasteiger partial charge in [-0.05, 0) is 53.5 Å². The fourth-order valence-electron chi connectivity index (χ4n) is 2.67. The minimum Gasteiger partial charge on any atom is -0.398 e. The number of rotatable bonds is 3. The number of anilines is 1. The van der Waals surface area contributed by atoms with Gasteiger partial charge in [-0.25, -0.2) is 0 Å². The van der Waals surface area contributed by atoms with Crippen LogP contribution < -0.4 is 5.73 Å². The lowest BCUT2D eigenvalue weighted by Gasteiger charge is -2.36. The van der Waals surface area contributed by atoms with E-state index in [1.54, 1.807) is 0 Å². The zero-order valence-corrected chi connectivity index (χ0v) is 14.6. The van der Waals surface area contributed by atoms with Crippen LogP contribution in [0.3, 0.4) is 0 Å². The molecule has 0 atom stereocenters. The lowest BCUT2D eigenvalue weighted by atomic mass is 9.89. The second kappa shape index (κ2) is 6.32. The maximum atomic E-state index is 9.59. The Morgan fingerprint density at radius 2 is 1.90 bits per heavy atom. The van der Waals surface area contributed by atoms with Gasteiger partial charge in [0.25, 0.3) is 0 Å². The van der Waals surface area contributed by atoms with Gasteiger partial charge in [-0.2, -0.15) is 0 Å². The Kier molecular flexibility index (Phi) is 5.13. The van der Waals surface area contributed by atoms with E-state index in [1.807, 2.05) is 12.1 Å². The van der Waals surface area contributed by atoms with Crippen LogP contribution in [0.5, 0.6) is 0 Å². The molecule has 6 heteroatoms. The summed E-state index contributed by atoms with van der Waals surface area (Å²) in [5.41, 5.74) is 7.92. The molecule has 0 unspecified atom stereocenters. The first kappa shape index (κ1) is 16.2. The summed E-state index contributed by atoms with van der Waals surface area (Å²) in [6, 6.07) is 4.33. The molecule has 0 aromatic heterocycles. The normalized spacial score (nSPS) is 19.5. The van der Waals surface area contributed by atoms with Crippen LogP contribution in [0, 0.1) is 0 Å². The van der Waals surface area contributed by atoms with E-state index in [4.69, 9.17) is 5.73 Å². The Balaban J connectivity index is 2.03. The van der Waals surface area contributed by atoms with Crippen molar-refractivity contribution in [3.63, 3.8) is 0 Å². The fourth-order valence-corrected chi connectivity index (χ4v) is 3.99. The van der Waals surface area contributed by atoms with E-state index >= 15 is 0 Å². The maximum absolute atomic E-state index is 9.59. The van der Waals surface area contributed by atoms with Crippen LogP contribution in [0.1, 0.15) is 31.2 Å². The molecular weight excluding hydrogens is 388 g/mol. The zero-order valence-electron chi connectivity index (χ0n) is 11.4. The third-order valence-electron chi connectivity index (χ3n) is 3.98. The van der Waals surface area contributed by atoms with Gasteiger partial charge >= 0.3 is 0 Å². The summed E-state index contributed by atoms with van der Waals surface area (Å²) in [5.74, 6) is -1.48. The van der Waals surface area contributed by atoms with Gasteiger partial charge < -0.3 is 15.9 Å². The molecule has 0 amide bonds. The predicted molar refractivity (Wildman–Crippen MR) is 87.1 cm³/mol. The highest BCUT2D eigenvalue weighted by atomic mass is 79.9. The van der Waals surface area contributed by atoms with E-state index in [2.05, 4.69) is 43.8 Å². The number of nitrogen functional groups attached to an aromatic ring is 1. The number of nitrogens with zero attached hydrogens (tertiary/aromatic N) is 1. The molecular formula is C14H20Br2N2O2. The molecule has 0 bridgehead atoms.